The van der Waals surface area contributed by atoms with Gasteiger partial charge >= 0.3 is 0 Å². The van der Waals surface area contributed by atoms with E-state index in [9.17, 15) is 9.90 Å². The van der Waals surface area contributed by atoms with E-state index in [0.717, 1.165) is 4.88 Å². The summed E-state index contributed by atoms with van der Waals surface area (Å²) in [6.45, 7) is 4.15. The van der Waals surface area contributed by atoms with Crippen LogP contribution in [0.5, 0.6) is 5.75 Å². The molecule has 2 N–H and O–H groups in total. The van der Waals surface area contributed by atoms with Crippen LogP contribution >= 0.6 is 11.3 Å². The lowest BCUT2D eigenvalue weighted by Crippen LogP contribution is -2.31. The highest BCUT2D eigenvalue weighted by atomic mass is 32.1. The second-order valence-electron chi connectivity index (χ2n) is 4.76. The highest BCUT2D eigenvalue weighted by molar-refractivity contribution is 7.10. The lowest BCUT2D eigenvalue weighted by Gasteiger charge is -2.21. The van der Waals surface area contributed by atoms with E-state index in [1.807, 2.05) is 17.5 Å². The summed E-state index contributed by atoms with van der Waals surface area (Å²) in [5.41, 5.74) is 0.474. The number of rotatable bonds is 4. The molecule has 0 fully saturated rings. The molecule has 1 atom stereocenters. The van der Waals surface area contributed by atoms with Gasteiger partial charge in [0.1, 0.15) is 5.75 Å². The van der Waals surface area contributed by atoms with E-state index in [4.69, 9.17) is 0 Å². The summed E-state index contributed by atoms with van der Waals surface area (Å²) in [5, 5.41) is 14.4. The second-order valence-corrected chi connectivity index (χ2v) is 5.74. The summed E-state index contributed by atoms with van der Waals surface area (Å²) in [6, 6.07) is 10.4. The molecule has 1 amide bonds. The standard InChI is InChI=1S/C15H17NO2S/c1-10(2)14(13-7-4-8-19-13)16-15(18)11-5-3-6-12(17)9-11/h3-10,14,17H,1-2H3,(H,16,18). The maximum atomic E-state index is 12.2. The number of amides is 1. The number of hydrogen-bond acceptors (Lipinski definition) is 3. The van der Waals surface area contributed by atoms with E-state index >= 15 is 0 Å². The maximum Gasteiger partial charge on any atom is 0.251 e. The van der Waals surface area contributed by atoms with Gasteiger partial charge in [-0.1, -0.05) is 26.0 Å². The number of hydrogen-bond donors (Lipinski definition) is 2. The van der Waals surface area contributed by atoms with E-state index in [1.54, 1.807) is 29.5 Å². The van der Waals surface area contributed by atoms with Gasteiger partial charge in [0, 0.05) is 10.4 Å². The Morgan fingerprint density at radius 1 is 1.26 bits per heavy atom. The van der Waals surface area contributed by atoms with Crippen LogP contribution in [0.1, 0.15) is 35.1 Å². The van der Waals surface area contributed by atoms with Crippen LogP contribution in [0.25, 0.3) is 0 Å². The van der Waals surface area contributed by atoms with Crippen molar-refractivity contribution in [3.63, 3.8) is 0 Å². The minimum Gasteiger partial charge on any atom is -0.508 e. The Morgan fingerprint density at radius 2 is 2.05 bits per heavy atom. The van der Waals surface area contributed by atoms with Crippen molar-refractivity contribution in [1.29, 1.82) is 0 Å². The fourth-order valence-electron chi connectivity index (χ4n) is 1.91. The zero-order chi connectivity index (χ0) is 13.8. The van der Waals surface area contributed by atoms with Crippen LogP contribution in [0.15, 0.2) is 41.8 Å². The van der Waals surface area contributed by atoms with Crippen LogP contribution in [-0.4, -0.2) is 11.0 Å². The molecule has 1 unspecified atom stereocenters. The van der Waals surface area contributed by atoms with E-state index < -0.39 is 0 Å². The molecule has 3 nitrogen and oxygen atoms in total. The molecular formula is C15H17NO2S. The number of phenolic OH excluding ortho intramolecular Hbond substituents is 1. The largest absolute Gasteiger partial charge is 0.508 e. The third-order valence-electron chi connectivity index (χ3n) is 2.91. The van der Waals surface area contributed by atoms with Gasteiger partial charge < -0.3 is 10.4 Å². The molecule has 0 aliphatic rings. The van der Waals surface area contributed by atoms with E-state index in [1.165, 1.54) is 6.07 Å². The number of carbonyl (C=O) groups excluding carboxylic acids is 1. The minimum absolute atomic E-state index is 0.00477. The van der Waals surface area contributed by atoms with Crippen molar-refractivity contribution in [3.8, 4) is 5.75 Å². The molecule has 1 heterocycles. The minimum atomic E-state index is -0.164. The predicted molar refractivity (Wildman–Crippen MR) is 77.5 cm³/mol. The van der Waals surface area contributed by atoms with Crippen molar-refractivity contribution in [2.45, 2.75) is 19.9 Å². The van der Waals surface area contributed by atoms with Gasteiger partial charge in [-0.05, 0) is 35.6 Å². The molecule has 0 saturated heterocycles. The Labute approximate surface area is 116 Å². The molecule has 2 aromatic rings. The van der Waals surface area contributed by atoms with Crippen LogP contribution in [0, 0.1) is 5.92 Å². The lowest BCUT2D eigenvalue weighted by atomic mass is 10.0. The summed E-state index contributed by atoms with van der Waals surface area (Å²) < 4.78 is 0. The van der Waals surface area contributed by atoms with Gasteiger partial charge in [-0.3, -0.25) is 4.79 Å². The van der Waals surface area contributed by atoms with Crippen molar-refractivity contribution < 1.29 is 9.90 Å². The molecule has 0 radical (unpaired) electrons. The number of benzene rings is 1. The summed E-state index contributed by atoms with van der Waals surface area (Å²) >= 11 is 1.64. The molecule has 1 aromatic heterocycles. The van der Waals surface area contributed by atoms with Crippen LogP contribution in [0.2, 0.25) is 0 Å². The van der Waals surface area contributed by atoms with E-state index in [-0.39, 0.29) is 17.7 Å². The molecule has 4 heteroatoms. The van der Waals surface area contributed by atoms with Gasteiger partial charge in [0.2, 0.25) is 0 Å². The smallest absolute Gasteiger partial charge is 0.251 e. The topological polar surface area (TPSA) is 49.3 Å². The number of aromatic hydroxyl groups is 1. The summed E-state index contributed by atoms with van der Waals surface area (Å²) in [4.78, 5) is 13.3. The van der Waals surface area contributed by atoms with Gasteiger partial charge in [0.05, 0.1) is 6.04 Å². The van der Waals surface area contributed by atoms with E-state index in [2.05, 4.69) is 19.2 Å². The van der Waals surface area contributed by atoms with Crippen LogP contribution in [0.4, 0.5) is 0 Å². The van der Waals surface area contributed by atoms with E-state index in [0.29, 0.717) is 11.5 Å². The van der Waals surface area contributed by atoms with Crippen LogP contribution in [0.3, 0.4) is 0 Å². The molecule has 0 aliphatic heterocycles. The van der Waals surface area contributed by atoms with Crippen LogP contribution in [-0.2, 0) is 0 Å². The first kappa shape index (κ1) is 13.6. The Bertz CT molecular complexity index is 549. The molecule has 0 bridgehead atoms. The van der Waals surface area contributed by atoms with Gasteiger partial charge in [0.15, 0.2) is 0 Å². The fourth-order valence-corrected chi connectivity index (χ4v) is 2.86. The lowest BCUT2D eigenvalue weighted by molar-refractivity contribution is 0.0926. The molecule has 100 valence electrons. The fraction of sp³-hybridized carbons (Fsp3) is 0.267. The number of nitrogens with one attached hydrogen (secondary N) is 1. The highest BCUT2D eigenvalue weighted by Crippen LogP contribution is 2.26. The molecule has 19 heavy (non-hydrogen) atoms. The average molecular weight is 275 g/mol. The second kappa shape index (κ2) is 5.89. The van der Waals surface area contributed by atoms with Gasteiger partial charge in [-0.25, -0.2) is 0 Å². The molecule has 1 aromatic carbocycles. The molecule has 0 aliphatic carbocycles. The quantitative estimate of drug-likeness (QED) is 0.896. The van der Waals surface area contributed by atoms with Gasteiger partial charge in [-0.2, -0.15) is 0 Å². The van der Waals surface area contributed by atoms with Crippen molar-refractivity contribution in [3.05, 3.63) is 52.2 Å². The monoisotopic (exact) mass is 275 g/mol. The molecule has 0 spiro atoms. The summed E-state index contributed by atoms with van der Waals surface area (Å²) in [6.07, 6.45) is 0. The van der Waals surface area contributed by atoms with Gasteiger partial charge in [0.25, 0.3) is 5.91 Å². The Balaban J connectivity index is 2.16. The Morgan fingerprint density at radius 3 is 2.63 bits per heavy atom. The number of thiophene rings is 1. The summed E-state index contributed by atoms with van der Waals surface area (Å²) in [5.74, 6) is 0.243. The third-order valence-corrected chi connectivity index (χ3v) is 3.87. The SMILES string of the molecule is CC(C)C(NC(=O)c1cccc(O)c1)c1cccs1. The Hall–Kier alpha value is -1.81. The average Bonchev–Trinajstić information content (AvgIpc) is 2.88. The maximum absolute atomic E-state index is 12.2. The van der Waals surface area contributed by atoms with Crippen molar-refractivity contribution in [2.75, 3.05) is 0 Å². The van der Waals surface area contributed by atoms with Crippen molar-refractivity contribution in [2.24, 2.45) is 5.92 Å². The zero-order valence-electron chi connectivity index (χ0n) is 11.0. The summed E-state index contributed by atoms with van der Waals surface area (Å²) in [7, 11) is 0. The zero-order valence-corrected chi connectivity index (χ0v) is 11.8. The van der Waals surface area contributed by atoms with Crippen molar-refractivity contribution >= 4 is 17.2 Å². The first-order valence-corrected chi connectivity index (χ1v) is 7.09. The normalized spacial score (nSPS) is 12.4. The molecular weight excluding hydrogens is 258 g/mol. The first-order chi connectivity index (χ1) is 9.08. The third kappa shape index (κ3) is 3.35. The molecule has 2 rings (SSSR count). The Kier molecular flexibility index (Phi) is 4.22. The highest BCUT2D eigenvalue weighted by Gasteiger charge is 2.20. The van der Waals surface area contributed by atoms with Crippen LogP contribution < -0.4 is 5.32 Å². The first-order valence-electron chi connectivity index (χ1n) is 6.21. The van der Waals surface area contributed by atoms with Gasteiger partial charge in [-0.15, -0.1) is 11.3 Å². The predicted octanol–water partition coefficient (Wildman–Crippen LogP) is 3.58. The number of phenols is 1. The molecule has 0 saturated carbocycles. The van der Waals surface area contributed by atoms with Crippen molar-refractivity contribution in [1.82, 2.24) is 5.32 Å². The number of carbonyl (C=O) groups is 1.